The molecule has 0 amide bonds. The fraction of sp³-hybridized carbons (Fsp3) is 0.625. The highest BCUT2D eigenvalue weighted by Crippen LogP contribution is 2.20. The van der Waals surface area contributed by atoms with E-state index >= 15 is 0 Å². The summed E-state index contributed by atoms with van der Waals surface area (Å²) < 4.78 is 13.1. The van der Waals surface area contributed by atoms with Crippen molar-refractivity contribution in [3.63, 3.8) is 0 Å². The second kappa shape index (κ2) is 7.01. The molecule has 0 bridgehead atoms. The van der Waals surface area contributed by atoms with Crippen LogP contribution < -0.4 is 5.32 Å². The molecule has 1 fully saturated rings. The van der Waals surface area contributed by atoms with E-state index in [1.807, 2.05) is 6.07 Å². The van der Waals surface area contributed by atoms with Gasteiger partial charge >= 0.3 is 0 Å². The maximum absolute atomic E-state index is 13.1. The van der Waals surface area contributed by atoms with Gasteiger partial charge in [0.1, 0.15) is 5.82 Å². The van der Waals surface area contributed by atoms with E-state index in [4.69, 9.17) is 0 Å². The molecule has 3 heteroatoms. The van der Waals surface area contributed by atoms with Crippen molar-refractivity contribution in [3.8, 4) is 0 Å². The van der Waals surface area contributed by atoms with Crippen molar-refractivity contribution in [2.24, 2.45) is 5.92 Å². The summed E-state index contributed by atoms with van der Waals surface area (Å²) in [6.07, 6.45) is 2.54. The molecule has 19 heavy (non-hydrogen) atoms. The van der Waals surface area contributed by atoms with Crippen LogP contribution in [0.5, 0.6) is 0 Å². The van der Waals surface area contributed by atoms with Crippen molar-refractivity contribution in [3.05, 3.63) is 35.6 Å². The van der Waals surface area contributed by atoms with E-state index in [1.165, 1.54) is 32.0 Å². The van der Waals surface area contributed by atoms with Crippen LogP contribution in [0.3, 0.4) is 0 Å². The molecule has 1 unspecified atom stereocenters. The Morgan fingerprint density at radius 2 is 2.11 bits per heavy atom. The van der Waals surface area contributed by atoms with Crippen LogP contribution in [-0.2, 0) is 6.54 Å². The monoisotopic (exact) mass is 264 g/mol. The molecular formula is C16H25FN2. The molecule has 1 saturated heterocycles. The Balaban J connectivity index is 1.77. The highest BCUT2D eigenvalue weighted by molar-refractivity contribution is 5.16. The van der Waals surface area contributed by atoms with Gasteiger partial charge in [0, 0.05) is 12.6 Å². The SMILES string of the molecule is CCN1CCC(C(C)NCc2cccc(F)c2)CC1. The third kappa shape index (κ3) is 4.29. The summed E-state index contributed by atoms with van der Waals surface area (Å²) in [6, 6.07) is 7.36. The Morgan fingerprint density at radius 3 is 2.74 bits per heavy atom. The lowest BCUT2D eigenvalue weighted by atomic mass is 9.90. The Bertz CT molecular complexity index is 386. The van der Waals surface area contributed by atoms with Gasteiger partial charge in [0.15, 0.2) is 0 Å². The molecular weight excluding hydrogens is 239 g/mol. The van der Waals surface area contributed by atoms with Crippen molar-refractivity contribution in [2.45, 2.75) is 39.3 Å². The third-order valence-corrected chi connectivity index (χ3v) is 4.30. The van der Waals surface area contributed by atoms with E-state index in [-0.39, 0.29) is 5.82 Å². The summed E-state index contributed by atoms with van der Waals surface area (Å²) >= 11 is 0. The van der Waals surface area contributed by atoms with Gasteiger partial charge in [0.25, 0.3) is 0 Å². The molecule has 1 aromatic rings. The molecule has 2 nitrogen and oxygen atoms in total. The lowest BCUT2D eigenvalue weighted by Crippen LogP contribution is -2.41. The van der Waals surface area contributed by atoms with E-state index < -0.39 is 0 Å². The molecule has 2 rings (SSSR count). The van der Waals surface area contributed by atoms with Crippen molar-refractivity contribution < 1.29 is 4.39 Å². The van der Waals surface area contributed by atoms with Crippen LogP contribution in [0.4, 0.5) is 4.39 Å². The second-order valence-corrected chi connectivity index (χ2v) is 5.57. The van der Waals surface area contributed by atoms with Gasteiger partial charge in [-0.05, 0) is 63.0 Å². The van der Waals surface area contributed by atoms with Gasteiger partial charge in [0.2, 0.25) is 0 Å². The first-order valence-corrected chi connectivity index (χ1v) is 7.39. The van der Waals surface area contributed by atoms with E-state index in [0.29, 0.717) is 6.04 Å². The standard InChI is InChI=1S/C16H25FN2/c1-3-19-9-7-15(8-10-19)13(2)18-12-14-5-4-6-16(17)11-14/h4-6,11,13,15,18H,3,7-10,12H2,1-2H3. The average molecular weight is 264 g/mol. The minimum absolute atomic E-state index is 0.150. The number of piperidine rings is 1. The Hall–Kier alpha value is -0.930. The molecule has 1 heterocycles. The molecule has 0 aromatic heterocycles. The van der Waals surface area contributed by atoms with E-state index in [0.717, 1.165) is 24.6 Å². The molecule has 0 radical (unpaired) electrons. The summed E-state index contributed by atoms with van der Waals surface area (Å²) in [5.74, 6) is 0.597. The van der Waals surface area contributed by atoms with Crippen molar-refractivity contribution in [1.29, 1.82) is 0 Å². The quantitative estimate of drug-likeness (QED) is 0.879. The van der Waals surface area contributed by atoms with Crippen molar-refractivity contribution >= 4 is 0 Å². The van der Waals surface area contributed by atoms with E-state index in [2.05, 4.69) is 24.1 Å². The largest absolute Gasteiger partial charge is 0.310 e. The molecule has 1 aliphatic heterocycles. The van der Waals surface area contributed by atoms with Crippen LogP contribution in [0.1, 0.15) is 32.3 Å². The molecule has 1 atom stereocenters. The molecule has 0 saturated carbocycles. The fourth-order valence-electron chi connectivity index (χ4n) is 2.86. The zero-order valence-electron chi connectivity index (χ0n) is 12.0. The predicted molar refractivity (Wildman–Crippen MR) is 77.5 cm³/mol. The number of likely N-dealkylation sites (tertiary alicyclic amines) is 1. The van der Waals surface area contributed by atoms with Gasteiger partial charge < -0.3 is 10.2 Å². The van der Waals surface area contributed by atoms with Crippen molar-refractivity contribution in [2.75, 3.05) is 19.6 Å². The normalized spacial score (nSPS) is 19.5. The van der Waals surface area contributed by atoms with Gasteiger partial charge in [-0.1, -0.05) is 19.1 Å². The molecule has 1 aliphatic rings. The number of benzene rings is 1. The topological polar surface area (TPSA) is 15.3 Å². The molecule has 1 N–H and O–H groups in total. The maximum atomic E-state index is 13.1. The number of nitrogens with one attached hydrogen (secondary N) is 1. The van der Waals surface area contributed by atoms with Crippen LogP contribution in [0.25, 0.3) is 0 Å². The van der Waals surface area contributed by atoms with E-state index in [9.17, 15) is 4.39 Å². The minimum atomic E-state index is -0.150. The lowest BCUT2D eigenvalue weighted by molar-refractivity contribution is 0.168. The lowest BCUT2D eigenvalue weighted by Gasteiger charge is -2.34. The molecule has 1 aromatic carbocycles. The second-order valence-electron chi connectivity index (χ2n) is 5.57. The van der Waals surface area contributed by atoms with Crippen molar-refractivity contribution in [1.82, 2.24) is 10.2 Å². The maximum Gasteiger partial charge on any atom is 0.123 e. The zero-order chi connectivity index (χ0) is 13.7. The Labute approximate surface area is 116 Å². The highest BCUT2D eigenvalue weighted by atomic mass is 19.1. The van der Waals surface area contributed by atoms with Crippen LogP contribution in [0.2, 0.25) is 0 Å². The van der Waals surface area contributed by atoms with Crippen LogP contribution in [-0.4, -0.2) is 30.6 Å². The van der Waals surface area contributed by atoms with Gasteiger partial charge in [-0.3, -0.25) is 0 Å². The molecule has 106 valence electrons. The summed E-state index contributed by atoms with van der Waals surface area (Å²) in [7, 11) is 0. The average Bonchev–Trinajstić information content (AvgIpc) is 2.45. The third-order valence-electron chi connectivity index (χ3n) is 4.30. The van der Waals surface area contributed by atoms with Crippen LogP contribution in [0.15, 0.2) is 24.3 Å². The molecule has 0 spiro atoms. The summed E-state index contributed by atoms with van der Waals surface area (Å²) in [6.45, 7) is 8.84. The number of rotatable bonds is 5. The zero-order valence-corrected chi connectivity index (χ0v) is 12.0. The van der Waals surface area contributed by atoms with Gasteiger partial charge in [-0.2, -0.15) is 0 Å². The van der Waals surface area contributed by atoms with Gasteiger partial charge in [-0.25, -0.2) is 4.39 Å². The summed E-state index contributed by atoms with van der Waals surface area (Å²) in [5.41, 5.74) is 1.03. The van der Waals surface area contributed by atoms with Gasteiger partial charge in [0.05, 0.1) is 0 Å². The summed E-state index contributed by atoms with van der Waals surface area (Å²) in [4.78, 5) is 2.51. The number of hydrogen-bond acceptors (Lipinski definition) is 2. The first-order chi connectivity index (χ1) is 9.19. The smallest absolute Gasteiger partial charge is 0.123 e. The first-order valence-electron chi connectivity index (χ1n) is 7.39. The summed E-state index contributed by atoms with van der Waals surface area (Å²) in [5, 5.41) is 3.54. The first kappa shape index (κ1) is 14.5. The van der Waals surface area contributed by atoms with Gasteiger partial charge in [-0.15, -0.1) is 0 Å². The fourth-order valence-corrected chi connectivity index (χ4v) is 2.86. The number of nitrogens with zero attached hydrogens (tertiary/aromatic N) is 1. The predicted octanol–water partition coefficient (Wildman–Crippen LogP) is 3.04. The van der Waals surface area contributed by atoms with Crippen LogP contribution >= 0.6 is 0 Å². The highest BCUT2D eigenvalue weighted by Gasteiger charge is 2.22. The Kier molecular flexibility index (Phi) is 5.34. The minimum Gasteiger partial charge on any atom is -0.310 e. The number of halogens is 1. The van der Waals surface area contributed by atoms with Crippen LogP contribution in [0, 0.1) is 11.7 Å². The van der Waals surface area contributed by atoms with E-state index in [1.54, 1.807) is 12.1 Å². The number of hydrogen-bond donors (Lipinski definition) is 1. The Morgan fingerprint density at radius 1 is 1.37 bits per heavy atom. The molecule has 0 aliphatic carbocycles.